The van der Waals surface area contributed by atoms with Crippen LogP contribution in [0.4, 0.5) is 0 Å². The minimum absolute atomic E-state index is 0. The Kier molecular flexibility index (Phi) is 20.6. The van der Waals surface area contributed by atoms with Crippen LogP contribution in [0, 0.1) is 39.9 Å². The van der Waals surface area contributed by atoms with E-state index in [1.165, 1.54) is 0 Å². The Morgan fingerprint density at radius 3 is 1.25 bits per heavy atom. The molecule has 24 valence electrons. The molecule has 1 nitrogen and oxygen atoms in total. The van der Waals surface area contributed by atoms with Crippen molar-refractivity contribution in [3.63, 3.8) is 0 Å². The average molecular weight is 319 g/mol. The number of halogens is 2. The molecule has 0 heterocycles. The van der Waals surface area contributed by atoms with Crippen LogP contribution in [-0.4, -0.2) is 0 Å². The third kappa shape index (κ3) is 9.12. The second-order valence-corrected chi connectivity index (χ2v) is 0.525. The van der Waals surface area contributed by atoms with Crippen LogP contribution in [0.3, 0.4) is 0 Å². The van der Waals surface area contributed by atoms with E-state index in [4.69, 9.17) is 0 Å². The summed E-state index contributed by atoms with van der Waals surface area (Å²) in [5, 5.41) is 0. The minimum atomic E-state index is 0. The summed E-state index contributed by atoms with van der Waals surface area (Å²) in [4.78, 5) is 0. The third-order valence-electron chi connectivity index (χ3n) is 0. The predicted molar refractivity (Wildman–Crippen MR) is 12.8 cm³/mol. The zero-order valence-corrected chi connectivity index (χ0v) is 7.29. The summed E-state index contributed by atoms with van der Waals surface area (Å²) in [5.41, 5.74) is 0. The van der Waals surface area contributed by atoms with Gasteiger partial charge in [-0.2, -0.15) is 3.84 Å². The van der Waals surface area contributed by atoms with Crippen LogP contribution in [0.15, 0.2) is 0 Å². The number of rotatable bonds is 0. The molecule has 0 aliphatic heterocycles. The largest absolute Gasteiger partial charge is 0.166 e. The Labute approximate surface area is 66.6 Å². The van der Waals surface area contributed by atoms with Gasteiger partial charge in [-0.25, -0.2) is 0 Å². The van der Waals surface area contributed by atoms with Crippen LogP contribution in [0.5, 0.6) is 0 Å². The Hall–Kier alpha value is 1.86. The average Bonchev–Trinajstić information content (AvgIpc) is 0.918. The monoisotopic (exact) mass is 318 g/mol. The molecule has 0 aliphatic rings. The van der Waals surface area contributed by atoms with Crippen molar-refractivity contribution >= 4 is 23.7 Å². The topological polar surface area (TPSA) is 9.23 Å². The van der Waals surface area contributed by atoms with E-state index in [1.807, 2.05) is 0 Å². The Morgan fingerprint density at radius 1 is 1.25 bits per heavy atom. The molecule has 0 saturated heterocycles. The molecule has 0 amide bonds. The molecule has 0 aliphatic carbocycles. The molecule has 4 heteroatoms. The van der Waals surface area contributed by atoms with Crippen molar-refractivity contribution in [2.24, 2.45) is 0 Å². The van der Waals surface area contributed by atoms with E-state index >= 15 is 0 Å². The first-order valence-corrected chi connectivity index (χ1v) is 0.926. The molecule has 0 rings (SSSR count). The van der Waals surface area contributed by atoms with E-state index in [1.54, 1.807) is 0 Å². The SMILES string of the molecule is ClOCl.[Th]. The Morgan fingerprint density at radius 2 is 1.25 bits per heavy atom. The first kappa shape index (κ1) is 9.29. The second kappa shape index (κ2) is 8.85. The van der Waals surface area contributed by atoms with E-state index < -0.39 is 0 Å². The second-order valence-electron chi connectivity index (χ2n) is 0.0583. The molecule has 0 atom stereocenters. The van der Waals surface area contributed by atoms with Gasteiger partial charge >= 0.3 is 0 Å². The normalized spacial score (nSPS) is 4.50. The van der Waals surface area contributed by atoms with Crippen LogP contribution >= 0.6 is 23.7 Å². The van der Waals surface area contributed by atoms with Gasteiger partial charge in [-0.15, -0.1) is 0 Å². The van der Waals surface area contributed by atoms with E-state index in [9.17, 15) is 0 Å². The number of hydrogen-bond donors (Lipinski definition) is 0. The van der Waals surface area contributed by atoms with Gasteiger partial charge in [-0.3, -0.25) is 0 Å². The fraction of sp³-hybridized carbons (Fsp3) is 0. The van der Waals surface area contributed by atoms with Crippen molar-refractivity contribution in [2.75, 3.05) is 0 Å². The van der Waals surface area contributed by atoms with E-state index in [-0.39, 0.29) is 39.9 Å². The van der Waals surface area contributed by atoms with E-state index in [0.717, 1.165) is 0 Å². The molecule has 0 radical (unpaired) electrons. The molecule has 0 aromatic carbocycles. The summed E-state index contributed by atoms with van der Waals surface area (Å²) in [6.07, 6.45) is 0. The Balaban J connectivity index is 0. The van der Waals surface area contributed by atoms with Gasteiger partial charge in [0.15, 0.2) is 0 Å². The minimum Gasteiger partial charge on any atom is -0.166 e. The maximum absolute atomic E-state index is 4.26. The zero-order chi connectivity index (χ0) is 2.71. The van der Waals surface area contributed by atoms with E-state index in [0.29, 0.717) is 0 Å². The van der Waals surface area contributed by atoms with E-state index in [2.05, 4.69) is 27.6 Å². The summed E-state index contributed by atoms with van der Waals surface area (Å²) in [6, 6.07) is 0. The van der Waals surface area contributed by atoms with Gasteiger partial charge in [-0.1, -0.05) is 0 Å². The maximum Gasteiger partial charge on any atom is 0.0832 e. The fourth-order valence-electron chi connectivity index (χ4n) is 0. The summed E-state index contributed by atoms with van der Waals surface area (Å²) < 4.78 is 3.19. The van der Waals surface area contributed by atoms with Crippen molar-refractivity contribution in [3.8, 4) is 0 Å². The molecule has 0 unspecified atom stereocenters. The molecule has 0 aromatic rings. The van der Waals surface area contributed by atoms with Gasteiger partial charge in [0.25, 0.3) is 0 Å². The molecule has 0 spiro atoms. The van der Waals surface area contributed by atoms with Gasteiger partial charge < -0.3 is 0 Å². The van der Waals surface area contributed by atoms with Gasteiger partial charge in [0.2, 0.25) is 0 Å². The van der Waals surface area contributed by atoms with Crippen LogP contribution < -0.4 is 0 Å². The molecular weight excluding hydrogens is 319 g/mol. The molecule has 0 fully saturated rings. The zero-order valence-electron chi connectivity index (χ0n) is 1.66. The molecule has 0 saturated carbocycles. The first-order valence-electron chi connectivity index (χ1n) is 0.309. The molecule has 0 aromatic heterocycles. The van der Waals surface area contributed by atoms with Crippen LogP contribution in [0.25, 0.3) is 0 Å². The maximum atomic E-state index is 4.26. The van der Waals surface area contributed by atoms with Crippen molar-refractivity contribution in [1.29, 1.82) is 0 Å². The quantitative estimate of drug-likeness (QED) is 0.654. The van der Waals surface area contributed by atoms with Gasteiger partial charge in [-0.05, 0) is 0 Å². The predicted octanol–water partition coefficient (Wildman–Crippen LogP) is 1.31. The molecule has 4 heavy (non-hydrogen) atoms. The molecular formula is Cl2OTh. The number of hydrogen-bond acceptors (Lipinski definition) is 1. The van der Waals surface area contributed by atoms with Crippen LogP contribution in [0.1, 0.15) is 0 Å². The molecule has 0 N–H and O–H groups in total. The first-order chi connectivity index (χ1) is 1.41. The summed E-state index contributed by atoms with van der Waals surface area (Å²) in [6.45, 7) is 0. The van der Waals surface area contributed by atoms with Crippen molar-refractivity contribution < 1.29 is 43.8 Å². The Bertz CT molecular complexity index is 6.00. The van der Waals surface area contributed by atoms with Crippen LogP contribution in [-0.2, 0) is 3.84 Å². The molecule has 0 bridgehead atoms. The van der Waals surface area contributed by atoms with Gasteiger partial charge in [0, 0.05) is 39.9 Å². The summed E-state index contributed by atoms with van der Waals surface area (Å²) >= 11 is 8.53. The summed E-state index contributed by atoms with van der Waals surface area (Å²) in [5.74, 6) is 0. The van der Waals surface area contributed by atoms with Crippen molar-refractivity contribution in [3.05, 3.63) is 0 Å². The van der Waals surface area contributed by atoms with Crippen LogP contribution in [0.2, 0.25) is 0 Å². The van der Waals surface area contributed by atoms with Crippen molar-refractivity contribution in [1.82, 2.24) is 0 Å². The van der Waals surface area contributed by atoms with Gasteiger partial charge in [0.05, 0.1) is 23.7 Å². The summed E-state index contributed by atoms with van der Waals surface area (Å²) in [7, 11) is 0. The van der Waals surface area contributed by atoms with Crippen molar-refractivity contribution in [2.45, 2.75) is 0 Å². The van der Waals surface area contributed by atoms with Gasteiger partial charge in [0.1, 0.15) is 0 Å². The standard InChI is InChI=1S/Cl2O.Th/c1-3-2;. The third-order valence-corrected chi connectivity index (χ3v) is 0. The smallest absolute Gasteiger partial charge is 0.0832 e. The fourth-order valence-corrected chi connectivity index (χ4v) is 0.